The molecule has 8 heteroatoms. The molecule has 0 saturated heterocycles. The molecule has 1 heterocycles. The molecule has 0 spiro atoms. The zero-order chi connectivity index (χ0) is 15.7. The van der Waals surface area contributed by atoms with E-state index >= 15 is 0 Å². The van der Waals surface area contributed by atoms with E-state index < -0.39 is 17.1 Å². The van der Waals surface area contributed by atoms with Crippen molar-refractivity contribution >= 4 is 11.3 Å². The second-order valence-corrected chi connectivity index (χ2v) is 6.36. The number of hydrogen-bond acceptors (Lipinski definition) is 3. The fraction of sp³-hybridized carbons (Fsp3) is 0.769. The Balaban J connectivity index is 2.14. The third kappa shape index (κ3) is 4.12. The van der Waals surface area contributed by atoms with E-state index in [2.05, 4.69) is 10.3 Å². The average Bonchev–Trinajstić information content (AvgIpc) is 2.86. The van der Waals surface area contributed by atoms with Crippen LogP contribution in [-0.2, 0) is 6.18 Å². The lowest BCUT2D eigenvalue weighted by Gasteiger charge is -2.33. The zero-order valence-electron chi connectivity index (χ0n) is 11.5. The van der Waals surface area contributed by atoms with Gasteiger partial charge in [0, 0.05) is 30.0 Å². The number of halogens is 5. The lowest BCUT2D eigenvalue weighted by atomic mass is 9.81. The summed E-state index contributed by atoms with van der Waals surface area (Å²) in [6.07, 6.45) is -3.03. The topological polar surface area (TPSA) is 24.9 Å². The van der Waals surface area contributed by atoms with Crippen LogP contribution in [0, 0.1) is 5.92 Å². The van der Waals surface area contributed by atoms with Crippen LogP contribution in [0.5, 0.6) is 0 Å². The summed E-state index contributed by atoms with van der Waals surface area (Å²) in [4.78, 5) is 3.89. The summed E-state index contributed by atoms with van der Waals surface area (Å²) in [7, 11) is 0. The Morgan fingerprint density at radius 1 is 1.38 bits per heavy atom. The molecule has 0 aliphatic heterocycles. The molecule has 1 atom stereocenters. The van der Waals surface area contributed by atoms with Crippen molar-refractivity contribution in [3.63, 3.8) is 0 Å². The van der Waals surface area contributed by atoms with Crippen molar-refractivity contribution in [1.29, 1.82) is 0 Å². The van der Waals surface area contributed by atoms with Gasteiger partial charge in [-0.15, -0.1) is 11.3 Å². The van der Waals surface area contributed by atoms with E-state index in [0.717, 1.165) is 0 Å². The molecule has 1 aliphatic carbocycles. The van der Waals surface area contributed by atoms with Crippen molar-refractivity contribution in [3.05, 3.63) is 16.1 Å². The molecule has 1 N–H and O–H groups in total. The Kier molecular flexibility index (Phi) is 4.87. The van der Waals surface area contributed by atoms with Crippen molar-refractivity contribution in [2.75, 3.05) is 6.54 Å². The van der Waals surface area contributed by atoms with Gasteiger partial charge in [-0.05, 0) is 25.3 Å². The monoisotopic (exact) mass is 328 g/mol. The molecule has 1 fully saturated rings. The van der Waals surface area contributed by atoms with Crippen molar-refractivity contribution in [2.24, 2.45) is 5.92 Å². The Hall–Kier alpha value is -0.760. The first kappa shape index (κ1) is 16.6. The fourth-order valence-corrected chi connectivity index (χ4v) is 3.63. The van der Waals surface area contributed by atoms with Crippen LogP contribution in [0.1, 0.15) is 48.5 Å². The van der Waals surface area contributed by atoms with Gasteiger partial charge in [0.15, 0.2) is 5.01 Å². The number of rotatable bonds is 4. The maximum absolute atomic E-state index is 13.2. The Morgan fingerprint density at radius 3 is 2.48 bits per heavy atom. The highest BCUT2D eigenvalue weighted by Gasteiger charge is 2.40. The lowest BCUT2D eigenvalue weighted by molar-refractivity contribution is -0.137. The quantitative estimate of drug-likeness (QED) is 0.815. The van der Waals surface area contributed by atoms with E-state index in [4.69, 9.17) is 0 Å². The van der Waals surface area contributed by atoms with Crippen molar-refractivity contribution in [1.82, 2.24) is 10.3 Å². The molecule has 0 radical (unpaired) electrons. The second-order valence-electron chi connectivity index (χ2n) is 5.29. The molecule has 21 heavy (non-hydrogen) atoms. The van der Waals surface area contributed by atoms with E-state index in [-0.39, 0.29) is 24.8 Å². The van der Waals surface area contributed by atoms with Crippen molar-refractivity contribution in [2.45, 2.75) is 50.7 Å². The van der Waals surface area contributed by atoms with E-state index in [9.17, 15) is 22.0 Å². The van der Waals surface area contributed by atoms with Crippen LogP contribution < -0.4 is 5.32 Å². The molecule has 120 valence electrons. The third-order valence-electron chi connectivity index (χ3n) is 3.73. The van der Waals surface area contributed by atoms with Crippen LogP contribution >= 0.6 is 11.3 Å². The highest BCUT2D eigenvalue weighted by molar-refractivity contribution is 7.11. The lowest BCUT2D eigenvalue weighted by Crippen LogP contribution is -2.33. The summed E-state index contributed by atoms with van der Waals surface area (Å²) >= 11 is 0.595. The molecular formula is C13H17F5N2S. The molecule has 1 aromatic rings. The van der Waals surface area contributed by atoms with Gasteiger partial charge in [-0.3, -0.25) is 0 Å². The number of hydrogen-bond donors (Lipinski definition) is 1. The van der Waals surface area contributed by atoms with Crippen LogP contribution in [0.3, 0.4) is 0 Å². The summed E-state index contributed by atoms with van der Waals surface area (Å²) in [6, 6.07) is -0.334. The van der Waals surface area contributed by atoms with E-state index in [1.54, 1.807) is 0 Å². The molecule has 2 nitrogen and oxygen atoms in total. The first-order valence-electron chi connectivity index (χ1n) is 6.87. The summed E-state index contributed by atoms with van der Waals surface area (Å²) < 4.78 is 64.3. The molecule has 0 aromatic carbocycles. The molecule has 2 rings (SSSR count). The average molecular weight is 328 g/mol. The molecule has 1 saturated carbocycles. The summed E-state index contributed by atoms with van der Waals surface area (Å²) in [5.74, 6) is -2.72. The number of aromatic nitrogens is 1. The summed E-state index contributed by atoms with van der Waals surface area (Å²) in [5, 5.41) is 2.23. The predicted octanol–water partition coefficient (Wildman–Crippen LogP) is 4.64. The van der Waals surface area contributed by atoms with Crippen molar-refractivity contribution in [3.8, 4) is 0 Å². The summed E-state index contributed by atoms with van der Waals surface area (Å²) in [5.41, 5.74) is 0. The molecule has 0 amide bonds. The predicted molar refractivity (Wildman–Crippen MR) is 70.4 cm³/mol. The fourth-order valence-electron chi connectivity index (χ4n) is 2.68. The van der Waals surface area contributed by atoms with Crippen LogP contribution in [0.2, 0.25) is 0 Å². The van der Waals surface area contributed by atoms with Crippen LogP contribution in [0.15, 0.2) is 6.20 Å². The largest absolute Gasteiger partial charge is 0.443 e. The maximum Gasteiger partial charge on any atom is 0.443 e. The van der Waals surface area contributed by atoms with Gasteiger partial charge in [0.2, 0.25) is 5.92 Å². The number of thiazole rings is 1. The van der Waals surface area contributed by atoms with Gasteiger partial charge in [-0.1, -0.05) is 6.92 Å². The van der Waals surface area contributed by atoms with E-state index in [0.29, 0.717) is 35.6 Å². The van der Waals surface area contributed by atoms with Gasteiger partial charge in [0.25, 0.3) is 0 Å². The standard InChI is InChI=1S/C13H17F5N2S/c1-2-19-10(8-3-5-12(14,15)6-4-8)9-7-20-11(21-9)13(16,17)18/h7-8,10,19H,2-6H2,1H3. The zero-order valence-corrected chi connectivity index (χ0v) is 12.3. The van der Waals surface area contributed by atoms with E-state index in [1.165, 1.54) is 6.20 Å². The SMILES string of the molecule is CCNC(c1cnc(C(F)(F)F)s1)C1CCC(F)(F)CC1. The minimum Gasteiger partial charge on any atom is -0.309 e. The second kappa shape index (κ2) is 6.16. The minimum atomic E-state index is -4.46. The molecule has 1 unspecified atom stereocenters. The number of nitrogens with one attached hydrogen (secondary N) is 1. The highest BCUT2D eigenvalue weighted by atomic mass is 32.1. The van der Waals surface area contributed by atoms with Gasteiger partial charge >= 0.3 is 6.18 Å². The van der Waals surface area contributed by atoms with Gasteiger partial charge in [0.1, 0.15) is 0 Å². The van der Waals surface area contributed by atoms with Gasteiger partial charge < -0.3 is 5.32 Å². The summed E-state index contributed by atoms with van der Waals surface area (Å²) in [6.45, 7) is 2.41. The Morgan fingerprint density at radius 2 is 2.00 bits per heavy atom. The molecule has 0 bridgehead atoms. The van der Waals surface area contributed by atoms with Crippen LogP contribution in [0.25, 0.3) is 0 Å². The number of alkyl halides is 5. The number of nitrogens with zero attached hydrogens (tertiary/aromatic N) is 1. The van der Waals surface area contributed by atoms with Crippen LogP contribution in [-0.4, -0.2) is 17.5 Å². The Labute approximate surface area is 123 Å². The molecule has 1 aromatic heterocycles. The normalized spacial score (nSPS) is 21.4. The van der Waals surface area contributed by atoms with Gasteiger partial charge in [-0.25, -0.2) is 13.8 Å². The van der Waals surface area contributed by atoms with Crippen LogP contribution in [0.4, 0.5) is 22.0 Å². The molecular weight excluding hydrogens is 311 g/mol. The Bertz CT molecular complexity index is 461. The van der Waals surface area contributed by atoms with Gasteiger partial charge in [-0.2, -0.15) is 13.2 Å². The first-order valence-corrected chi connectivity index (χ1v) is 7.69. The van der Waals surface area contributed by atoms with Crippen molar-refractivity contribution < 1.29 is 22.0 Å². The van der Waals surface area contributed by atoms with Gasteiger partial charge in [0.05, 0.1) is 0 Å². The highest BCUT2D eigenvalue weighted by Crippen LogP contribution is 2.43. The third-order valence-corrected chi connectivity index (χ3v) is 4.86. The van der Waals surface area contributed by atoms with E-state index in [1.807, 2.05) is 6.92 Å². The maximum atomic E-state index is 13.2. The minimum absolute atomic E-state index is 0.0777. The smallest absolute Gasteiger partial charge is 0.309 e. The first-order chi connectivity index (χ1) is 9.73. The molecule has 1 aliphatic rings.